The molecule has 2 aliphatic rings. The number of nitrogens with zero attached hydrogens (tertiary/aromatic N) is 1. The van der Waals surface area contributed by atoms with Gasteiger partial charge in [0.2, 0.25) is 0 Å². The molecule has 5 aromatic carbocycles. The molecular weight excluding hydrogens is 494 g/mol. The molecule has 2 aliphatic carbocycles. The second-order valence-electron chi connectivity index (χ2n) is 13.9. The van der Waals surface area contributed by atoms with E-state index in [-0.39, 0.29) is 16.2 Å². The van der Waals surface area contributed by atoms with Crippen LogP contribution in [-0.2, 0) is 17.3 Å². The van der Waals surface area contributed by atoms with Crippen LogP contribution in [-0.4, -0.2) is 4.57 Å². The molecular formula is C40H37N. The highest BCUT2D eigenvalue weighted by Gasteiger charge is 2.57. The van der Waals surface area contributed by atoms with Crippen LogP contribution in [0.3, 0.4) is 0 Å². The minimum absolute atomic E-state index is 0.110. The number of rotatable bonds is 2. The molecule has 0 saturated carbocycles. The lowest BCUT2D eigenvalue weighted by Crippen LogP contribution is -2.42. The molecule has 0 atom stereocenters. The van der Waals surface area contributed by atoms with Crippen molar-refractivity contribution in [1.29, 1.82) is 0 Å². The summed E-state index contributed by atoms with van der Waals surface area (Å²) >= 11 is 0. The van der Waals surface area contributed by atoms with Gasteiger partial charge in [0.15, 0.2) is 0 Å². The van der Waals surface area contributed by atoms with Crippen molar-refractivity contribution in [3.8, 4) is 27.9 Å². The first-order chi connectivity index (χ1) is 19.6. The van der Waals surface area contributed by atoms with Gasteiger partial charge in [-0.3, -0.25) is 0 Å². The van der Waals surface area contributed by atoms with Gasteiger partial charge in [-0.05, 0) is 110 Å². The monoisotopic (exact) mass is 531 g/mol. The zero-order valence-electron chi connectivity index (χ0n) is 25.0. The van der Waals surface area contributed by atoms with Gasteiger partial charge in [-0.25, -0.2) is 0 Å². The summed E-state index contributed by atoms with van der Waals surface area (Å²) in [4.78, 5) is 0. The zero-order valence-corrected chi connectivity index (χ0v) is 25.0. The van der Waals surface area contributed by atoms with Crippen molar-refractivity contribution in [2.24, 2.45) is 5.41 Å². The van der Waals surface area contributed by atoms with E-state index in [9.17, 15) is 0 Å². The van der Waals surface area contributed by atoms with E-state index in [0.717, 1.165) is 6.42 Å². The molecule has 1 aromatic heterocycles. The fraction of sp³-hybridized carbons (Fsp3) is 0.250. The normalized spacial score (nSPS) is 17.5. The molecule has 0 fully saturated rings. The van der Waals surface area contributed by atoms with Crippen molar-refractivity contribution in [2.45, 2.75) is 58.8 Å². The third kappa shape index (κ3) is 3.13. The number of para-hydroxylation sites is 2. The van der Waals surface area contributed by atoms with Crippen LogP contribution in [0.1, 0.15) is 63.8 Å². The lowest BCUT2D eigenvalue weighted by atomic mass is 9.59. The SMILES string of the molecule is CC1(C)c2cc3c(cc2C(C)(C)C1(C)C)-c1cc(-c2ccc4c(c2)c2ccccc2n4-c2ccccc2)ccc1C3. The van der Waals surface area contributed by atoms with E-state index in [1.165, 1.54) is 66.4 Å². The lowest BCUT2D eigenvalue weighted by Gasteiger charge is -2.44. The number of fused-ring (bicyclic) bond motifs is 7. The second kappa shape index (κ2) is 8.01. The zero-order chi connectivity index (χ0) is 28.3. The van der Waals surface area contributed by atoms with Crippen molar-refractivity contribution >= 4 is 21.8 Å². The Morgan fingerprint density at radius 3 is 1.90 bits per heavy atom. The van der Waals surface area contributed by atoms with Crippen LogP contribution in [0.15, 0.2) is 103 Å². The maximum Gasteiger partial charge on any atom is 0.0541 e. The van der Waals surface area contributed by atoms with E-state index >= 15 is 0 Å². The summed E-state index contributed by atoms with van der Waals surface area (Å²) in [7, 11) is 0. The fourth-order valence-electron chi connectivity index (χ4n) is 7.90. The van der Waals surface area contributed by atoms with Crippen molar-refractivity contribution in [3.63, 3.8) is 0 Å². The summed E-state index contributed by atoms with van der Waals surface area (Å²) in [5, 5.41) is 2.59. The third-order valence-corrected chi connectivity index (χ3v) is 11.5. The van der Waals surface area contributed by atoms with Crippen LogP contribution in [0, 0.1) is 5.41 Å². The van der Waals surface area contributed by atoms with Gasteiger partial charge in [0, 0.05) is 16.5 Å². The molecule has 1 heterocycles. The minimum Gasteiger partial charge on any atom is -0.309 e. The molecule has 202 valence electrons. The van der Waals surface area contributed by atoms with Crippen molar-refractivity contribution in [1.82, 2.24) is 4.57 Å². The van der Waals surface area contributed by atoms with Crippen molar-refractivity contribution in [3.05, 3.63) is 125 Å². The Morgan fingerprint density at radius 2 is 1.12 bits per heavy atom. The predicted molar refractivity (Wildman–Crippen MR) is 174 cm³/mol. The van der Waals surface area contributed by atoms with Crippen LogP contribution in [0.5, 0.6) is 0 Å². The standard InChI is InChI=1S/C40H37N/c1-38(2)34-23-28-20-27-17-16-25(21-31(27)32(28)24-35(34)39(3,4)40(38,5)6)26-18-19-37-33(22-26)30-14-10-11-15-36(30)41(37)29-12-8-7-9-13-29/h7-19,21-24H,20H2,1-6H3. The van der Waals surface area contributed by atoms with Crippen LogP contribution in [0.4, 0.5) is 0 Å². The van der Waals surface area contributed by atoms with Gasteiger partial charge in [0.25, 0.3) is 0 Å². The predicted octanol–water partition coefficient (Wildman–Crippen LogP) is 10.6. The molecule has 0 amide bonds. The van der Waals surface area contributed by atoms with E-state index in [1.807, 2.05) is 0 Å². The molecule has 0 aliphatic heterocycles. The molecule has 0 spiro atoms. The van der Waals surface area contributed by atoms with Crippen molar-refractivity contribution < 1.29 is 0 Å². The van der Waals surface area contributed by atoms with Gasteiger partial charge in [0.05, 0.1) is 11.0 Å². The van der Waals surface area contributed by atoms with Crippen LogP contribution >= 0.6 is 0 Å². The molecule has 0 saturated heterocycles. The summed E-state index contributed by atoms with van der Waals surface area (Å²) in [5.74, 6) is 0. The average molecular weight is 532 g/mol. The van der Waals surface area contributed by atoms with Gasteiger partial charge in [-0.2, -0.15) is 0 Å². The van der Waals surface area contributed by atoms with E-state index in [1.54, 1.807) is 5.56 Å². The first-order valence-electron chi connectivity index (χ1n) is 15.0. The molecule has 1 heteroatoms. The Kier molecular flexibility index (Phi) is 4.82. The molecule has 0 radical (unpaired) electrons. The van der Waals surface area contributed by atoms with Gasteiger partial charge in [0.1, 0.15) is 0 Å². The lowest BCUT2D eigenvalue weighted by molar-refractivity contribution is 0.125. The van der Waals surface area contributed by atoms with Gasteiger partial charge in [-0.1, -0.05) is 102 Å². The van der Waals surface area contributed by atoms with Crippen LogP contribution in [0.2, 0.25) is 0 Å². The number of hydrogen-bond donors (Lipinski definition) is 0. The fourth-order valence-corrected chi connectivity index (χ4v) is 7.90. The maximum absolute atomic E-state index is 2.55. The molecule has 0 unspecified atom stereocenters. The van der Waals surface area contributed by atoms with Gasteiger partial charge < -0.3 is 4.57 Å². The number of aromatic nitrogens is 1. The summed E-state index contributed by atoms with van der Waals surface area (Å²) in [6.07, 6.45) is 1.03. The Morgan fingerprint density at radius 1 is 0.512 bits per heavy atom. The summed E-state index contributed by atoms with van der Waals surface area (Å²) in [6, 6.07) is 38.7. The van der Waals surface area contributed by atoms with E-state index < -0.39 is 0 Å². The Balaban J connectivity index is 1.28. The smallest absolute Gasteiger partial charge is 0.0541 e. The highest BCUT2D eigenvalue weighted by atomic mass is 15.0. The Bertz CT molecular complexity index is 2030. The first kappa shape index (κ1) is 24.7. The first-order valence-corrected chi connectivity index (χ1v) is 15.0. The highest BCUT2D eigenvalue weighted by Crippen LogP contribution is 2.62. The summed E-state index contributed by atoms with van der Waals surface area (Å²) in [5.41, 5.74) is 15.5. The quantitative estimate of drug-likeness (QED) is 0.209. The Hall–Kier alpha value is -4.10. The summed E-state index contributed by atoms with van der Waals surface area (Å²) in [6.45, 7) is 14.7. The highest BCUT2D eigenvalue weighted by molar-refractivity contribution is 6.10. The molecule has 0 N–H and O–H groups in total. The molecule has 6 aromatic rings. The van der Waals surface area contributed by atoms with Gasteiger partial charge >= 0.3 is 0 Å². The molecule has 41 heavy (non-hydrogen) atoms. The topological polar surface area (TPSA) is 4.93 Å². The Labute approximate surface area is 243 Å². The van der Waals surface area contributed by atoms with Crippen LogP contribution < -0.4 is 0 Å². The maximum atomic E-state index is 2.55. The van der Waals surface area contributed by atoms with E-state index in [4.69, 9.17) is 0 Å². The van der Waals surface area contributed by atoms with E-state index in [2.05, 4.69) is 149 Å². The average Bonchev–Trinajstić information content (AvgIpc) is 3.53. The largest absolute Gasteiger partial charge is 0.309 e. The molecule has 8 rings (SSSR count). The van der Waals surface area contributed by atoms with Gasteiger partial charge in [-0.15, -0.1) is 0 Å². The van der Waals surface area contributed by atoms with Crippen molar-refractivity contribution in [2.75, 3.05) is 0 Å². The minimum atomic E-state index is 0.110. The number of hydrogen-bond acceptors (Lipinski definition) is 0. The third-order valence-electron chi connectivity index (χ3n) is 11.5. The summed E-state index contributed by atoms with van der Waals surface area (Å²) < 4.78 is 2.39. The second-order valence-corrected chi connectivity index (χ2v) is 13.9. The van der Waals surface area contributed by atoms with E-state index in [0.29, 0.717) is 0 Å². The van der Waals surface area contributed by atoms with Crippen LogP contribution in [0.25, 0.3) is 49.7 Å². The molecule has 1 nitrogen and oxygen atoms in total. The number of benzene rings is 5. The molecule has 0 bridgehead atoms.